The highest BCUT2D eigenvalue weighted by molar-refractivity contribution is 7.98. The highest BCUT2D eigenvalue weighted by Crippen LogP contribution is 2.21. The second-order valence-electron chi connectivity index (χ2n) is 7.63. The molecule has 9 heteroatoms. The van der Waals surface area contributed by atoms with E-state index >= 15 is 0 Å². The Kier molecular flexibility index (Phi) is 8.48. The van der Waals surface area contributed by atoms with E-state index < -0.39 is 6.04 Å². The molecule has 7 nitrogen and oxygen atoms in total. The average Bonchev–Trinajstić information content (AvgIpc) is 3.29. The quantitative estimate of drug-likeness (QED) is 0.631. The molecule has 1 saturated heterocycles. The number of thioether (sulfide) groups is 1. The first-order valence-electron chi connectivity index (χ1n) is 10.3. The molecule has 31 heavy (non-hydrogen) atoms. The molecule has 2 heterocycles. The Morgan fingerprint density at radius 2 is 2.19 bits per heavy atom. The number of thiazole rings is 1. The number of aryl methyl sites for hydroxylation is 1. The smallest absolute Gasteiger partial charge is 0.251 e. The van der Waals surface area contributed by atoms with E-state index in [0.29, 0.717) is 30.2 Å². The number of rotatable bonds is 8. The maximum atomic E-state index is 13.3. The summed E-state index contributed by atoms with van der Waals surface area (Å²) < 4.78 is 0. The fourth-order valence-corrected chi connectivity index (χ4v) is 4.63. The van der Waals surface area contributed by atoms with Crippen molar-refractivity contribution in [2.24, 2.45) is 5.92 Å². The number of carbonyl (C=O) groups excluding carboxylic acids is 3. The van der Waals surface area contributed by atoms with Crippen LogP contribution < -0.4 is 10.6 Å². The van der Waals surface area contributed by atoms with Gasteiger partial charge in [-0.05, 0) is 50.3 Å². The van der Waals surface area contributed by atoms with Crippen LogP contribution in [0, 0.1) is 12.8 Å². The van der Waals surface area contributed by atoms with E-state index in [1.807, 2.05) is 31.4 Å². The highest BCUT2D eigenvalue weighted by atomic mass is 32.2. The number of amides is 3. The first-order chi connectivity index (χ1) is 15.0. The van der Waals surface area contributed by atoms with E-state index in [4.69, 9.17) is 0 Å². The summed E-state index contributed by atoms with van der Waals surface area (Å²) in [6.07, 6.45) is 5.65. The van der Waals surface area contributed by atoms with Gasteiger partial charge in [0.1, 0.15) is 6.04 Å². The van der Waals surface area contributed by atoms with Crippen LogP contribution in [0.1, 0.15) is 35.2 Å². The third-order valence-corrected chi connectivity index (χ3v) is 6.59. The van der Waals surface area contributed by atoms with Crippen molar-refractivity contribution in [3.8, 4) is 0 Å². The van der Waals surface area contributed by atoms with Gasteiger partial charge in [-0.3, -0.25) is 14.4 Å². The SMILES string of the molecule is CSCCC(NC(=O)c1cccc(C)c1)C(=O)N1CCCC(C(=O)Nc2nccs2)C1. The van der Waals surface area contributed by atoms with Crippen LogP contribution in [-0.4, -0.2) is 58.7 Å². The minimum Gasteiger partial charge on any atom is -0.340 e. The van der Waals surface area contributed by atoms with Crippen LogP contribution in [0.25, 0.3) is 0 Å². The Hall–Kier alpha value is -2.39. The van der Waals surface area contributed by atoms with Crippen molar-refractivity contribution in [3.05, 3.63) is 47.0 Å². The monoisotopic (exact) mass is 460 g/mol. The molecule has 2 N–H and O–H groups in total. The number of likely N-dealkylation sites (tertiary alicyclic amines) is 1. The Morgan fingerprint density at radius 3 is 2.90 bits per heavy atom. The molecule has 1 aromatic carbocycles. The lowest BCUT2D eigenvalue weighted by molar-refractivity contribution is -0.136. The lowest BCUT2D eigenvalue weighted by atomic mass is 9.96. The number of carbonyl (C=O) groups is 3. The van der Waals surface area contributed by atoms with Crippen LogP contribution >= 0.6 is 23.1 Å². The van der Waals surface area contributed by atoms with E-state index in [0.717, 1.165) is 24.2 Å². The number of benzene rings is 1. The molecule has 2 atom stereocenters. The van der Waals surface area contributed by atoms with Gasteiger partial charge in [-0.15, -0.1) is 11.3 Å². The van der Waals surface area contributed by atoms with Crippen LogP contribution in [0.4, 0.5) is 5.13 Å². The lowest BCUT2D eigenvalue weighted by Crippen LogP contribution is -2.52. The molecule has 3 rings (SSSR count). The van der Waals surface area contributed by atoms with Crippen LogP contribution in [0.2, 0.25) is 0 Å². The second kappa shape index (κ2) is 11.3. The topological polar surface area (TPSA) is 91.4 Å². The van der Waals surface area contributed by atoms with Crippen molar-refractivity contribution in [2.75, 3.05) is 30.4 Å². The summed E-state index contributed by atoms with van der Waals surface area (Å²) in [7, 11) is 0. The average molecular weight is 461 g/mol. The Labute approximate surface area is 191 Å². The van der Waals surface area contributed by atoms with Crippen LogP contribution in [-0.2, 0) is 9.59 Å². The molecule has 2 aromatic rings. The van der Waals surface area contributed by atoms with Gasteiger partial charge >= 0.3 is 0 Å². The normalized spacial score (nSPS) is 17.1. The van der Waals surface area contributed by atoms with E-state index in [2.05, 4.69) is 15.6 Å². The Balaban J connectivity index is 1.65. The standard InChI is InChI=1S/C22H28N4O3S2/c1-15-5-3-6-16(13-15)19(27)24-18(8-11-30-2)21(29)26-10-4-7-17(14-26)20(28)25-22-23-9-12-31-22/h3,5-6,9,12-13,17-18H,4,7-8,10-11,14H2,1-2H3,(H,24,27)(H,23,25,28). The minimum atomic E-state index is -0.610. The summed E-state index contributed by atoms with van der Waals surface area (Å²) in [5.74, 6) is -0.0148. The molecule has 0 spiro atoms. The highest BCUT2D eigenvalue weighted by Gasteiger charge is 2.32. The minimum absolute atomic E-state index is 0.114. The van der Waals surface area contributed by atoms with Gasteiger partial charge in [-0.1, -0.05) is 17.7 Å². The van der Waals surface area contributed by atoms with Gasteiger partial charge < -0.3 is 15.5 Å². The zero-order valence-electron chi connectivity index (χ0n) is 17.8. The van der Waals surface area contributed by atoms with Crippen LogP contribution in [0.3, 0.4) is 0 Å². The van der Waals surface area contributed by atoms with Gasteiger partial charge in [0.05, 0.1) is 5.92 Å². The van der Waals surface area contributed by atoms with E-state index in [1.165, 1.54) is 11.3 Å². The molecule has 1 fully saturated rings. The van der Waals surface area contributed by atoms with Gasteiger partial charge in [0, 0.05) is 30.2 Å². The first-order valence-corrected chi connectivity index (χ1v) is 12.6. The number of aromatic nitrogens is 1. The molecule has 3 amide bonds. The first kappa shape index (κ1) is 23.3. The van der Waals surface area contributed by atoms with Crippen LogP contribution in [0.15, 0.2) is 35.8 Å². The number of piperidine rings is 1. The predicted octanol–water partition coefficient (Wildman–Crippen LogP) is 3.18. The number of nitrogens with zero attached hydrogens (tertiary/aromatic N) is 2. The van der Waals surface area contributed by atoms with Crippen molar-refractivity contribution in [2.45, 2.75) is 32.2 Å². The third kappa shape index (κ3) is 6.54. The van der Waals surface area contributed by atoms with Crippen molar-refractivity contribution in [1.29, 1.82) is 0 Å². The van der Waals surface area contributed by atoms with Gasteiger partial charge in [0.15, 0.2) is 5.13 Å². The van der Waals surface area contributed by atoms with E-state index in [1.54, 1.807) is 34.3 Å². The molecule has 2 unspecified atom stereocenters. The zero-order chi connectivity index (χ0) is 22.2. The van der Waals surface area contributed by atoms with E-state index in [9.17, 15) is 14.4 Å². The fourth-order valence-electron chi connectivity index (χ4n) is 3.63. The number of hydrogen-bond acceptors (Lipinski definition) is 6. The fraction of sp³-hybridized carbons (Fsp3) is 0.455. The molecule has 1 aliphatic rings. The van der Waals surface area contributed by atoms with Gasteiger partial charge in [-0.25, -0.2) is 4.98 Å². The zero-order valence-corrected chi connectivity index (χ0v) is 19.4. The molecule has 0 bridgehead atoms. The Morgan fingerprint density at radius 1 is 1.35 bits per heavy atom. The molecule has 166 valence electrons. The summed E-state index contributed by atoms with van der Waals surface area (Å²) in [5, 5.41) is 8.12. The van der Waals surface area contributed by atoms with Gasteiger partial charge in [-0.2, -0.15) is 11.8 Å². The molecular weight excluding hydrogens is 432 g/mol. The number of hydrogen-bond donors (Lipinski definition) is 2. The molecule has 0 aliphatic carbocycles. The maximum absolute atomic E-state index is 13.3. The molecule has 0 saturated carbocycles. The molecule has 1 aromatic heterocycles. The van der Waals surface area contributed by atoms with Crippen molar-refractivity contribution >= 4 is 46.0 Å². The van der Waals surface area contributed by atoms with Crippen LogP contribution in [0.5, 0.6) is 0 Å². The lowest BCUT2D eigenvalue weighted by Gasteiger charge is -2.34. The van der Waals surface area contributed by atoms with Crippen molar-refractivity contribution in [1.82, 2.24) is 15.2 Å². The summed E-state index contributed by atoms with van der Waals surface area (Å²) in [4.78, 5) is 44.5. The summed E-state index contributed by atoms with van der Waals surface area (Å²) in [6.45, 7) is 2.87. The van der Waals surface area contributed by atoms with E-state index in [-0.39, 0.29) is 23.6 Å². The molecule has 0 radical (unpaired) electrons. The number of nitrogens with one attached hydrogen (secondary N) is 2. The molecular formula is C22H28N4O3S2. The summed E-state index contributed by atoms with van der Waals surface area (Å²) in [5.41, 5.74) is 1.53. The maximum Gasteiger partial charge on any atom is 0.251 e. The van der Waals surface area contributed by atoms with Gasteiger partial charge in [0.2, 0.25) is 11.8 Å². The van der Waals surface area contributed by atoms with Crippen molar-refractivity contribution < 1.29 is 14.4 Å². The Bertz CT molecular complexity index is 904. The largest absolute Gasteiger partial charge is 0.340 e. The van der Waals surface area contributed by atoms with Gasteiger partial charge in [0.25, 0.3) is 5.91 Å². The summed E-state index contributed by atoms with van der Waals surface area (Å²) in [6, 6.07) is 6.71. The van der Waals surface area contributed by atoms with Crippen molar-refractivity contribution in [3.63, 3.8) is 0 Å². The summed E-state index contributed by atoms with van der Waals surface area (Å²) >= 11 is 3.00. The predicted molar refractivity (Wildman–Crippen MR) is 125 cm³/mol. The number of anilines is 1. The third-order valence-electron chi connectivity index (χ3n) is 5.26. The second-order valence-corrected chi connectivity index (χ2v) is 9.51. The molecule has 1 aliphatic heterocycles.